The van der Waals surface area contributed by atoms with E-state index in [2.05, 4.69) is 10.1 Å². The second-order valence-corrected chi connectivity index (χ2v) is 6.05. The summed E-state index contributed by atoms with van der Waals surface area (Å²) in [5.74, 6) is -0.536. The maximum Gasteiger partial charge on any atom is 0.259 e. The molecule has 26 heavy (non-hydrogen) atoms. The molecule has 0 aliphatic rings. The third kappa shape index (κ3) is 2.72. The van der Waals surface area contributed by atoms with Crippen molar-refractivity contribution in [3.63, 3.8) is 0 Å². The molecule has 8 heteroatoms. The lowest BCUT2D eigenvalue weighted by Crippen LogP contribution is -2.17. The molecule has 2 aromatic carbocycles. The molecule has 2 aromatic heterocycles. The van der Waals surface area contributed by atoms with Crippen molar-refractivity contribution in [3.05, 3.63) is 59.5 Å². The first-order valence-electron chi connectivity index (χ1n) is 7.69. The van der Waals surface area contributed by atoms with E-state index in [1.807, 2.05) is 24.3 Å². The monoisotopic (exact) mass is 370 g/mol. The average molecular weight is 371 g/mol. The third-order valence-electron chi connectivity index (χ3n) is 3.99. The van der Waals surface area contributed by atoms with Crippen molar-refractivity contribution in [2.75, 3.05) is 0 Å². The Kier molecular flexibility index (Phi) is 3.93. The Morgan fingerprint density at radius 3 is 2.77 bits per heavy atom. The SMILES string of the molecule is NC(=O)Cn1ccc2c(-c3noc(-c4cccc(F)c4Cl)n3)cccc21. The van der Waals surface area contributed by atoms with Crippen LogP contribution in [0, 0.1) is 5.82 Å². The Hall–Kier alpha value is -3.19. The van der Waals surface area contributed by atoms with Crippen molar-refractivity contribution >= 4 is 28.4 Å². The van der Waals surface area contributed by atoms with Gasteiger partial charge in [-0.3, -0.25) is 4.79 Å². The van der Waals surface area contributed by atoms with Crippen LogP contribution < -0.4 is 5.73 Å². The molecule has 4 aromatic rings. The summed E-state index contributed by atoms with van der Waals surface area (Å²) in [6.07, 6.45) is 1.77. The average Bonchev–Trinajstić information content (AvgIpc) is 3.24. The van der Waals surface area contributed by atoms with Gasteiger partial charge in [-0.1, -0.05) is 35.0 Å². The quantitative estimate of drug-likeness (QED) is 0.594. The van der Waals surface area contributed by atoms with E-state index < -0.39 is 11.7 Å². The molecule has 4 rings (SSSR count). The molecule has 0 aliphatic heterocycles. The van der Waals surface area contributed by atoms with Crippen molar-refractivity contribution in [2.24, 2.45) is 5.73 Å². The molecule has 0 fully saturated rings. The topological polar surface area (TPSA) is 86.9 Å². The summed E-state index contributed by atoms with van der Waals surface area (Å²) in [7, 11) is 0. The number of benzene rings is 2. The standard InChI is InChI=1S/C18H12ClFN4O2/c19-16-12(4-1-5-13(16)20)18-22-17(23-26-18)11-3-2-6-14-10(11)7-8-24(14)9-15(21)25/h1-8H,9H2,(H2,21,25). The van der Waals surface area contributed by atoms with Crippen LogP contribution in [0.3, 0.4) is 0 Å². The molecule has 0 saturated heterocycles. The summed E-state index contributed by atoms with van der Waals surface area (Å²) in [6.45, 7) is 0.0728. The Labute approximate surface area is 152 Å². The number of aromatic nitrogens is 3. The minimum absolute atomic E-state index is 0.0728. The first-order chi connectivity index (χ1) is 12.5. The number of carbonyl (C=O) groups is 1. The largest absolute Gasteiger partial charge is 0.368 e. The van der Waals surface area contributed by atoms with E-state index in [0.717, 1.165) is 10.9 Å². The molecular weight excluding hydrogens is 359 g/mol. The van der Waals surface area contributed by atoms with E-state index >= 15 is 0 Å². The highest BCUT2D eigenvalue weighted by Gasteiger charge is 2.17. The van der Waals surface area contributed by atoms with E-state index in [-0.39, 0.29) is 17.5 Å². The van der Waals surface area contributed by atoms with Crippen LogP contribution in [-0.4, -0.2) is 20.6 Å². The van der Waals surface area contributed by atoms with Crippen molar-refractivity contribution in [1.82, 2.24) is 14.7 Å². The highest BCUT2D eigenvalue weighted by molar-refractivity contribution is 6.33. The molecule has 0 bridgehead atoms. The van der Waals surface area contributed by atoms with Crippen LogP contribution in [0.25, 0.3) is 33.7 Å². The molecule has 2 heterocycles. The van der Waals surface area contributed by atoms with Gasteiger partial charge in [0.05, 0.1) is 10.6 Å². The van der Waals surface area contributed by atoms with Crippen molar-refractivity contribution in [1.29, 1.82) is 0 Å². The van der Waals surface area contributed by atoms with Crippen LogP contribution in [-0.2, 0) is 11.3 Å². The lowest BCUT2D eigenvalue weighted by Gasteiger charge is -2.03. The maximum absolute atomic E-state index is 13.6. The molecule has 6 nitrogen and oxygen atoms in total. The van der Waals surface area contributed by atoms with Crippen LogP contribution in [0.1, 0.15) is 0 Å². The molecule has 0 saturated carbocycles. The zero-order valence-electron chi connectivity index (χ0n) is 13.3. The second-order valence-electron chi connectivity index (χ2n) is 5.67. The van der Waals surface area contributed by atoms with Gasteiger partial charge < -0.3 is 14.8 Å². The molecule has 2 N–H and O–H groups in total. The molecule has 1 amide bonds. The highest BCUT2D eigenvalue weighted by Crippen LogP contribution is 2.32. The molecular formula is C18H12ClFN4O2. The Morgan fingerprint density at radius 1 is 1.19 bits per heavy atom. The lowest BCUT2D eigenvalue weighted by molar-refractivity contribution is -0.118. The lowest BCUT2D eigenvalue weighted by atomic mass is 10.1. The maximum atomic E-state index is 13.6. The summed E-state index contributed by atoms with van der Waals surface area (Å²) in [4.78, 5) is 15.5. The molecule has 0 atom stereocenters. The van der Waals surface area contributed by atoms with Crippen molar-refractivity contribution in [2.45, 2.75) is 6.54 Å². The number of rotatable bonds is 4. The number of hydrogen-bond donors (Lipinski definition) is 1. The number of hydrogen-bond acceptors (Lipinski definition) is 4. The van der Waals surface area contributed by atoms with Crippen LogP contribution >= 0.6 is 11.6 Å². The zero-order valence-corrected chi connectivity index (χ0v) is 14.1. The van der Waals surface area contributed by atoms with E-state index in [9.17, 15) is 9.18 Å². The smallest absolute Gasteiger partial charge is 0.259 e. The fourth-order valence-electron chi connectivity index (χ4n) is 2.84. The number of halogens is 2. The number of primary amides is 1. The summed E-state index contributed by atoms with van der Waals surface area (Å²) < 4.78 is 20.7. The van der Waals surface area contributed by atoms with Gasteiger partial charge in [0, 0.05) is 22.7 Å². The van der Waals surface area contributed by atoms with Gasteiger partial charge in [0.25, 0.3) is 5.89 Å². The second kappa shape index (κ2) is 6.27. The van der Waals surface area contributed by atoms with Gasteiger partial charge in [-0.25, -0.2) is 4.39 Å². The Balaban J connectivity index is 1.80. The van der Waals surface area contributed by atoms with Gasteiger partial charge in [0.2, 0.25) is 11.7 Å². The predicted molar refractivity (Wildman–Crippen MR) is 94.8 cm³/mol. The van der Waals surface area contributed by atoms with E-state index in [4.69, 9.17) is 21.9 Å². The number of amides is 1. The van der Waals surface area contributed by atoms with Crippen molar-refractivity contribution < 1.29 is 13.7 Å². The van der Waals surface area contributed by atoms with Crippen LogP contribution in [0.15, 0.2) is 53.2 Å². The third-order valence-corrected chi connectivity index (χ3v) is 4.37. The highest BCUT2D eigenvalue weighted by atomic mass is 35.5. The van der Waals surface area contributed by atoms with Crippen LogP contribution in [0.4, 0.5) is 4.39 Å². The number of nitrogens with two attached hydrogens (primary N) is 1. The number of carbonyl (C=O) groups excluding carboxylic acids is 1. The Morgan fingerprint density at radius 2 is 1.96 bits per heavy atom. The molecule has 130 valence electrons. The van der Waals surface area contributed by atoms with Gasteiger partial charge in [0.1, 0.15) is 12.4 Å². The number of nitrogens with zero attached hydrogens (tertiary/aromatic N) is 3. The molecule has 0 unspecified atom stereocenters. The predicted octanol–water partition coefficient (Wildman–Crippen LogP) is 3.64. The summed E-state index contributed by atoms with van der Waals surface area (Å²) in [5, 5.41) is 4.75. The molecule has 0 spiro atoms. The van der Waals surface area contributed by atoms with Gasteiger partial charge in [-0.05, 0) is 24.3 Å². The normalized spacial score (nSPS) is 11.2. The van der Waals surface area contributed by atoms with E-state index in [1.165, 1.54) is 12.1 Å². The minimum Gasteiger partial charge on any atom is -0.368 e. The van der Waals surface area contributed by atoms with Crippen molar-refractivity contribution in [3.8, 4) is 22.8 Å². The van der Waals surface area contributed by atoms with Crippen LogP contribution in [0.5, 0.6) is 0 Å². The zero-order chi connectivity index (χ0) is 18.3. The fraction of sp³-hybridized carbons (Fsp3) is 0.0556. The fourth-order valence-corrected chi connectivity index (χ4v) is 3.04. The minimum atomic E-state index is -0.561. The van der Waals surface area contributed by atoms with E-state index in [1.54, 1.807) is 16.8 Å². The molecule has 0 aliphatic carbocycles. The van der Waals surface area contributed by atoms with Gasteiger partial charge in [-0.15, -0.1) is 0 Å². The number of fused-ring (bicyclic) bond motifs is 1. The van der Waals surface area contributed by atoms with E-state index in [0.29, 0.717) is 17.0 Å². The van der Waals surface area contributed by atoms with Crippen LogP contribution in [0.2, 0.25) is 5.02 Å². The first kappa shape index (κ1) is 16.3. The van der Waals surface area contributed by atoms with Gasteiger partial charge in [-0.2, -0.15) is 4.98 Å². The molecule has 0 radical (unpaired) electrons. The first-order valence-corrected chi connectivity index (χ1v) is 8.07. The Bertz CT molecular complexity index is 1140. The van der Waals surface area contributed by atoms with Gasteiger partial charge >= 0.3 is 0 Å². The summed E-state index contributed by atoms with van der Waals surface area (Å²) in [6, 6.07) is 11.7. The summed E-state index contributed by atoms with van der Waals surface area (Å²) >= 11 is 5.98. The summed E-state index contributed by atoms with van der Waals surface area (Å²) in [5.41, 5.74) is 7.13. The van der Waals surface area contributed by atoms with Gasteiger partial charge in [0.15, 0.2) is 0 Å².